The van der Waals surface area contributed by atoms with Crippen LogP contribution >= 0.6 is 11.3 Å². The van der Waals surface area contributed by atoms with Gasteiger partial charge in [0.1, 0.15) is 27.3 Å². The Hall–Kier alpha value is -3.05. The summed E-state index contributed by atoms with van der Waals surface area (Å²) in [4.78, 5) is 19.3. The molecule has 1 fully saturated rings. The monoisotopic (exact) mass is 461 g/mol. The maximum Gasteiger partial charge on any atom is 0.277 e. The standard InChI is InChI=1S/C21H25F2N7OS/c1-2-30-21(29-9-4-5-12(24)8-10-29)15(11-26-30)27-19(31)17-18(25)32-20(28-17)16-13(22)6-3-7-14(16)23/h3,6-7,11-12H,2,4-5,8-10,24-25H2,1H3,(H,27,31). The van der Waals surface area contributed by atoms with E-state index in [4.69, 9.17) is 11.5 Å². The van der Waals surface area contributed by atoms with E-state index in [1.54, 1.807) is 6.20 Å². The number of carbonyl (C=O) groups excluding carboxylic acids is 1. The Bertz CT molecular complexity index is 1110. The number of aromatic nitrogens is 3. The van der Waals surface area contributed by atoms with Crippen molar-refractivity contribution < 1.29 is 13.6 Å². The van der Waals surface area contributed by atoms with Gasteiger partial charge in [0.15, 0.2) is 11.5 Å². The molecule has 0 spiro atoms. The molecular weight excluding hydrogens is 436 g/mol. The summed E-state index contributed by atoms with van der Waals surface area (Å²) < 4.78 is 30.1. The van der Waals surface area contributed by atoms with E-state index in [1.165, 1.54) is 6.07 Å². The first-order valence-corrected chi connectivity index (χ1v) is 11.3. The van der Waals surface area contributed by atoms with Gasteiger partial charge in [0.25, 0.3) is 5.91 Å². The number of thiazole rings is 1. The van der Waals surface area contributed by atoms with Gasteiger partial charge < -0.3 is 21.7 Å². The van der Waals surface area contributed by atoms with Gasteiger partial charge in [0.2, 0.25) is 0 Å². The second-order valence-electron chi connectivity index (χ2n) is 7.66. The van der Waals surface area contributed by atoms with Crippen LogP contribution in [0.1, 0.15) is 36.7 Å². The van der Waals surface area contributed by atoms with Crippen molar-refractivity contribution in [3.05, 3.63) is 41.7 Å². The van der Waals surface area contributed by atoms with Crippen LogP contribution in [0.3, 0.4) is 0 Å². The predicted octanol–water partition coefficient (Wildman–Crippen LogP) is 3.46. The zero-order chi connectivity index (χ0) is 22.8. The molecule has 1 saturated heterocycles. The van der Waals surface area contributed by atoms with Crippen LogP contribution in [-0.4, -0.2) is 39.8 Å². The quantitative estimate of drug-likeness (QED) is 0.536. The van der Waals surface area contributed by atoms with E-state index in [9.17, 15) is 13.6 Å². The van der Waals surface area contributed by atoms with Crippen LogP contribution in [0.5, 0.6) is 0 Å². The van der Waals surface area contributed by atoms with Crippen molar-refractivity contribution in [3.8, 4) is 10.6 Å². The van der Waals surface area contributed by atoms with Crippen LogP contribution in [0.4, 0.5) is 25.3 Å². The molecular formula is C21H25F2N7OS. The first-order chi connectivity index (χ1) is 15.4. The SMILES string of the molecule is CCn1ncc(NC(=O)c2nc(-c3c(F)cccc3F)sc2N)c1N1CCCC(N)CC1. The number of halogens is 2. The topological polar surface area (TPSA) is 115 Å². The fourth-order valence-electron chi connectivity index (χ4n) is 3.85. The molecule has 3 aromatic rings. The van der Waals surface area contributed by atoms with Gasteiger partial charge in [-0.3, -0.25) is 4.79 Å². The third-order valence-electron chi connectivity index (χ3n) is 5.48. The van der Waals surface area contributed by atoms with E-state index in [-0.39, 0.29) is 27.3 Å². The van der Waals surface area contributed by atoms with Crippen molar-refractivity contribution in [1.29, 1.82) is 0 Å². The van der Waals surface area contributed by atoms with Crippen LogP contribution in [0.15, 0.2) is 24.4 Å². The fraction of sp³-hybridized carbons (Fsp3) is 0.381. The van der Waals surface area contributed by atoms with Crippen LogP contribution in [0.25, 0.3) is 10.6 Å². The van der Waals surface area contributed by atoms with Gasteiger partial charge in [0.05, 0.1) is 11.8 Å². The minimum absolute atomic E-state index is 0.00855. The summed E-state index contributed by atoms with van der Waals surface area (Å²) in [5, 5.41) is 7.30. The number of nitrogens with one attached hydrogen (secondary N) is 1. The van der Waals surface area contributed by atoms with Gasteiger partial charge in [-0.2, -0.15) is 5.10 Å². The Morgan fingerprint density at radius 2 is 2.03 bits per heavy atom. The molecule has 0 radical (unpaired) electrons. The maximum atomic E-state index is 14.1. The highest BCUT2D eigenvalue weighted by molar-refractivity contribution is 7.19. The van der Waals surface area contributed by atoms with Crippen molar-refractivity contribution in [2.24, 2.45) is 5.73 Å². The molecule has 0 saturated carbocycles. The molecule has 1 unspecified atom stereocenters. The van der Waals surface area contributed by atoms with Crippen LogP contribution in [0, 0.1) is 11.6 Å². The molecule has 1 aromatic carbocycles. The highest BCUT2D eigenvalue weighted by Gasteiger charge is 2.25. The predicted molar refractivity (Wildman–Crippen MR) is 122 cm³/mol. The van der Waals surface area contributed by atoms with Gasteiger partial charge in [0, 0.05) is 25.7 Å². The van der Waals surface area contributed by atoms with Crippen LogP contribution in [-0.2, 0) is 6.54 Å². The first-order valence-electron chi connectivity index (χ1n) is 10.5. The molecule has 1 aliphatic heterocycles. The van der Waals surface area contributed by atoms with E-state index in [1.807, 2.05) is 11.6 Å². The van der Waals surface area contributed by atoms with E-state index in [2.05, 4.69) is 20.3 Å². The van der Waals surface area contributed by atoms with Crippen molar-refractivity contribution >= 4 is 33.8 Å². The molecule has 1 atom stereocenters. The molecule has 11 heteroatoms. The fourth-order valence-corrected chi connectivity index (χ4v) is 4.73. The summed E-state index contributed by atoms with van der Waals surface area (Å²) >= 11 is 0.860. The molecule has 3 heterocycles. The Morgan fingerprint density at radius 3 is 2.75 bits per heavy atom. The van der Waals surface area contributed by atoms with E-state index in [0.717, 1.165) is 61.6 Å². The lowest BCUT2D eigenvalue weighted by Crippen LogP contribution is -2.29. The van der Waals surface area contributed by atoms with Crippen molar-refractivity contribution in [3.63, 3.8) is 0 Å². The number of nitrogen functional groups attached to an aromatic ring is 1. The highest BCUT2D eigenvalue weighted by atomic mass is 32.1. The molecule has 5 N–H and O–H groups in total. The van der Waals surface area contributed by atoms with Gasteiger partial charge in [-0.1, -0.05) is 17.4 Å². The van der Waals surface area contributed by atoms with Gasteiger partial charge in [-0.05, 0) is 38.3 Å². The molecule has 0 bridgehead atoms. The zero-order valence-electron chi connectivity index (χ0n) is 17.6. The summed E-state index contributed by atoms with van der Waals surface area (Å²) in [7, 11) is 0. The smallest absolute Gasteiger partial charge is 0.277 e. The van der Waals surface area contributed by atoms with Crippen molar-refractivity contribution in [2.75, 3.05) is 29.0 Å². The van der Waals surface area contributed by atoms with Crippen molar-refractivity contribution in [1.82, 2.24) is 14.8 Å². The average molecular weight is 462 g/mol. The number of nitrogens with two attached hydrogens (primary N) is 2. The number of amides is 1. The molecule has 0 aliphatic carbocycles. The molecule has 1 amide bonds. The molecule has 170 valence electrons. The van der Waals surface area contributed by atoms with E-state index in [0.29, 0.717) is 12.2 Å². The third kappa shape index (κ3) is 4.30. The summed E-state index contributed by atoms with van der Waals surface area (Å²) in [5.74, 6) is -1.30. The van der Waals surface area contributed by atoms with Gasteiger partial charge >= 0.3 is 0 Å². The maximum absolute atomic E-state index is 14.1. The summed E-state index contributed by atoms with van der Waals surface area (Å²) in [6.07, 6.45) is 4.32. The van der Waals surface area contributed by atoms with Crippen LogP contribution < -0.4 is 21.7 Å². The van der Waals surface area contributed by atoms with E-state index >= 15 is 0 Å². The zero-order valence-corrected chi connectivity index (χ0v) is 18.5. The lowest BCUT2D eigenvalue weighted by Gasteiger charge is -2.24. The second kappa shape index (κ2) is 9.21. The Labute approximate surface area is 188 Å². The molecule has 4 rings (SSSR count). The Kier molecular flexibility index (Phi) is 6.38. The van der Waals surface area contributed by atoms with Gasteiger partial charge in [-0.15, -0.1) is 0 Å². The second-order valence-corrected chi connectivity index (χ2v) is 8.69. The number of carbonyl (C=O) groups is 1. The molecule has 8 nitrogen and oxygen atoms in total. The lowest BCUT2D eigenvalue weighted by atomic mass is 10.1. The average Bonchev–Trinajstić information content (AvgIpc) is 3.26. The number of hydrogen-bond acceptors (Lipinski definition) is 7. The minimum Gasteiger partial charge on any atom is -0.389 e. The number of aryl methyl sites for hydroxylation is 1. The highest BCUT2D eigenvalue weighted by Crippen LogP contribution is 2.34. The van der Waals surface area contributed by atoms with Crippen molar-refractivity contribution in [2.45, 2.75) is 38.8 Å². The van der Waals surface area contributed by atoms with Crippen LogP contribution in [0.2, 0.25) is 0 Å². The molecule has 1 aliphatic rings. The minimum atomic E-state index is -0.767. The number of rotatable bonds is 5. The number of hydrogen-bond donors (Lipinski definition) is 3. The number of benzene rings is 1. The third-order valence-corrected chi connectivity index (χ3v) is 6.38. The molecule has 32 heavy (non-hydrogen) atoms. The first kappa shape index (κ1) is 22.2. The number of anilines is 3. The Balaban J connectivity index is 1.62. The van der Waals surface area contributed by atoms with E-state index < -0.39 is 17.5 Å². The summed E-state index contributed by atoms with van der Waals surface area (Å²) in [6, 6.07) is 3.69. The lowest BCUT2D eigenvalue weighted by molar-refractivity contribution is 0.102. The Morgan fingerprint density at radius 1 is 1.28 bits per heavy atom. The summed E-state index contributed by atoms with van der Waals surface area (Å²) in [6.45, 7) is 4.16. The largest absolute Gasteiger partial charge is 0.389 e. The normalized spacial score (nSPS) is 16.8. The van der Waals surface area contributed by atoms with Gasteiger partial charge in [-0.25, -0.2) is 18.4 Å². The summed E-state index contributed by atoms with van der Waals surface area (Å²) in [5.41, 5.74) is 12.2. The molecule has 2 aromatic heterocycles. The number of nitrogens with zero attached hydrogens (tertiary/aromatic N) is 4.